The molecule has 7 nitrogen and oxygen atoms in total. The van der Waals surface area contributed by atoms with Gasteiger partial charge in [-0.25, -0.2) is 9.37 Å². The van der Waals surface area contributed by atoms with Crippen LogP contribution in [0.3, 0.4) is 0 Å². The maximum Gasteiger partial charge on any atom is 0.254 e. The van der Waals surface area contributed by atoms with Crippen molar-refractivity contribution >= 4 is 11.6 Å². The van der Waals surface area contributed by atoms with Gasteiger partial charge < -0.3 is 14.8 Å². The van der Waals surface area contributed by atoms with E-state index in [0.717, 1.165) is 5.56 Å². The Balaban J connectivity index is 1.36. The van der Waals surface area contributed by atoms with E-state index in [-0.39, 0.29) is 23.7 Å². The van der Waals surface area contributed by atoms with Crippen molar-refractivity contribution in [2.24, 2.45) is 0 Å². The van der Waals surface area contributed by atoms with E-state index in [9.17, 15) is 14.0 Å². The largest absolute Gasteiger partial charge is 0.366 e. The van der Waals surface area contributed by atoms with E-state index in [1.807, 2.05) is 11.0 Å². The molecule has 160 valence electrons. The Hall–Kier alpha value is -3.55. The number of anilines is 1. The van der Waals surface area contributed by atoms with Crippen molar-refractivity contribution in [3.8, 4) is 11.4 Å². The first-order valence-electron chi connectivity index (χ1n) is 10.3. The summed E-state index contributed by atoms with van der Waals surface area (Å²) in [7, 11) is 0. The van der Waals surface area contributed by atoms with Crippen molar-refractivity contribution in [3.05, 3.63) is 76.2 Å². The Kier molecular flexibility index (Phi) is 6.06. The van der Waals surface area contributed by atoms with Crippen LogP contribution in [-0.2, 0) is 11.2 Å². The summed E-state index contributed by atoms with van der Waals surface area (Å²) >= 11 is 0. The minimum atomic E-state index is -0.250. The molecule has 0 bridgehead atoms. The van der Waals surface area contributed by atoms with Crippen molar-refractivity contribution in [1.29, 1.82) is 0 Å². The van der Waals surface area contributed by atoms with Gasteiger partial charge in [0.1, 0.15) is 11.6 Å². The summed E-state index contributed by atoms with van der Waals surface area (Å²) in [5, 5.41) is 0. The van der Waals surface area contributed by atoms with Crippen LogP contribution in [-0.4, -0.2) is 51.9 Å². The smallest absolute Gasteiger partial charge is 0.254 e. The Morgan fingerprint density at radius 1 is 1.10 bits per heavy atom. The van der Waals surface area contributed by atoms with Crippen LogP contribution in [0.25, 0.3) is 11.4 Å². The first-order valence-corrected chi connectivity index (χ1v) is 10.3. The number of nitrogens with zero attached hydrogens (tertiary/aromatic N) is 4. The third kappa shape index (κ3) is 4.63. The van der Waals surface area contributed by atoms with Gasteiger partial charge in [-0.2, -0.15) is 0 Å². The highest BCUT2D eigenvalue weighted by Gasteiger charge is 2.23. The molecule has 1 aromatic carbocycles. The van der Waals surface area contributed by atoms with E-state index in [4.69, 9.17) is 0 Å². The Labute approximate surface area is 179 Å². The molecule has 0 atom stereocenters. The minimum absolute atomic E-state index is 0.00908. The molecule has 8 heteroatoms. The first-order chi connectivity index (χ1) is 15.0. The number of carbonyl (C=O) groups excluding carboxylic acids is 1. The number of nitrogens with one attached hydrogen (secondary N) is 1. The zero-order chi connectivity index (χ0) is 21.8. The molecule has 1 aliphatic heterocycles. The molecule has 0 aliphatic carbocycles. The van der Waals surface area contributed by atoms with Crippen LogP contribution in [0.1, 0.15) is 17.7 Å². The fraction of sp³-hybridized carbons (Fsp3) is 0.304. The SMILES string of the molecule is Cc1nc(-c2ccncc2)[nH]c(=O)c1CCC(=O)N1CCN(c2ccccc2F)CC1. The molecule has 0 radical (unpaired) electrons. The zero-order valence-corrected chi connectivity index (χ0v) is 17.3. The van der Waals surface area contributed by atoms with E-state index >= 15 is 0 Å². The quantitative estimate of drug-likeness (QED) is 0.685. The number of H-pyrrole nitrogens is 1. The van der Waals surface area contributed by atoms with Gasteiger partial charge in [0.2, 0.25) is 5.91 Å². The number of aryl methyl sites for hydroxylation is 1. The molecule has 1 N–H and O–H groups in total. The number of aromatic nitrogens is 3. The molecule has 0 unspecified atom stereocenters. The van der Waals surface area contributed by atoms with Crippen LogP contribution < -0.4 is 10.5 Å². The van der Waals surface area contributed by atoms with E-state index in [0.29, 0.717) is 55.4 Å². The molecule has 4 rings (SSSR count). The lowest BCUT2D eigenvalue weighted by Crippen LogP contribution is -2.49. The zero-order valence-electron chi connectivity index (χ0n) is 17.3. The highest BCUT2D eigenvalue weighted by Crippen LogP contribution is 2.20. The Bertz CT molecular complexity index is 1120. The summed E-state index contributed by atoms with van der Waals surface area (Å²) in [5.74, 6) is 0.231. The molecule has 1 saturated heterocycles. The third-order valence-electron chi connectivity index (χ3n) is 5.59. The predicted octanol–water partition coefficient (Wildman–Crippen LogP) is 2.56. The normalized spacial score (nSPS) is 14.0. The van der Waals surface area contributed by atoms with Gasteiger partial charge in [0.25, 0.3) is 5.56 Å². The van der Waals surface area contributed by atoms with Crippen LogP contribution in [0.15, 0.2) is 53.6 Å². The number of pyridine rings is 1. The summed E-state index contributed by atoms with van der Waals surface area (Å²) in [6.45, 7) is 4.00. The summed E-state index contributed by atoms with van der Waals surface area (Å²) in [6, 6.07) is 10.2. The first kappa shape index (κ1) is 20.7. The maximum atomic E-state index is 14.0. The summed E-state index contributed by atoms with van der Waals surface area (Å²) in [6.07, 6.45) is 3.85. The Morgan fingerprint density at radius 3 is 2.48 bits per heavy atom. The van der Waals surface area contributed by atoms with Crippen molar-refractivity contribution < 1.29 is 9.18 Å². The Morgan fingerprint density at radius 2 is 1.81 bits per heavy atom. The molecule has 1 aliphatic rings. The molecular formula is C23H24FN5O2. The third-order valence-corrected chi connectivity index (χ3v) is 5.59. The number of para-hydroxylation sites is 1. The summed E-state index contributed by atoms with van der Waals surface area (Å²) in [5.41, 5.74) is 2.27. The average Bonchev–Trinajstić information content (AvgIpc) is 2.79. The van der Waals surface area contributed by atoms with E-state index in [1.165, 1.54) is 6.07 Å². The van der Waals surface area contributed by atoms with Gasteiger partial charge in [-0.3, -0.25) is 14.6 Å². The van der Waals surface area contributed by atoms with Crippen molar-refractivity contribution in [1.82, 2.24) is 19.9 Å². The standard InChI is InChI=1S/C23H24FN5O2/c1-16-18(23(31)27-22(26-16)17-8-10-25-11-9-17)6-7-21(30)29-14-12-28(13-15-29)20-5-3-2-4-19(20)24/h2-5,8-11H,6-7,12-15H2,1H3,(H,26,27,31). The fourth-order valence-corrected chi connectivity index (χ4v) is 3.85. The van der Waals surface area contributed by atoms with Crippen LogP contribution in [0.5, 0.6) is 0 Å². The van der Waals surface area contributed by atoms with Crippen LogP contribution >= 0.6 is 0 Å². The number of hydrogen-bond donors (Lipinski definition) is 1. The fourth-order valence-electron chi connectivity index (χ4n) is 3.85. The van der Waals surface area contributed by atoms with Gasteiger partial charge in [0.15, 0.2) is 0 Å². The monoisotopic (exact) mass is 421 g/mol. The number of aromatic amines is 1. The van der Waals surface area contributed by atoms with Gasteiger partial charge in [-0.05, 0) is 37.6 Å². The van der Waals surface area contributed by atoms with Crippen LogP contribution in [0.2, 0.25) is 0 Å². The van der Waals surface area contributed by atoms with Crippen LogP contribution in [0, 0.1) is 12.7 Å². The lowest BCUT2D eigenvalue weighted by Gasteiger charge is -2.36. The number of hydrogen-bond acceptors (Lipinski definition) is 5. The van der Waals surface area contributed by atoms with Crippen LogP contribution in [0.4, 0.5) is 10.1 Å². The minimum Gasteiger partial charge on any atom is -0.366 e. The molecule has 2 aromatic heterocycles. The second kappa shape index (κ2) is 9.07. The second-order valence-electron chi connectivity index (χ2n) is 7.53. The highest BCUT2D eigenvalue weighted by molar-refractivity contribution is 5.77. The van der Waals surface area contributed by atoms with Crippen molar-refractivity contribution in [3.63, 3.8) is 0 Å². The van der Waals surface area contributed by atoms with Gasteiger partial charge in [0.05, 0.1) is 5.69 Å². The number of rotatable bonds is 5. The molecule has 0 spiro atoms. The second-order valence-corrected chi connectivity index (χ2v) is 7.53. The highest BCUT2D eigenvalue weighted by atomic mass is 19.1. The van der Waals surface area contributed by atoms with Gasteiger partial charge >= 0.3 is 0 Å². The van der Waals surface area contributed by atoms with Gasteiger partial charge in [0, 0.05) is 61.8 Å². The summed E-state index contributed by atoms with van der Waals surface area (Å²) < 4.78 is 14.0. The molecule has 1 fully saturated rings. The number of piperazine rings is 1. The van der Waals surface area contributed by atoms with E-state index in [1.54, 1.807) is 48.5 Å². The summed E-state index contributed by atoms with van der Waals surface area (Å²) in [4.78, 5) is 40.3. The number of halogens is 1. The topological polar surface area (TPSA) is 82.2 Å². The van der Waals surface area contributed by atoms with Gasteiger partial charge in [-0.15, -0.1) is 0 Å². The lowest BCUT2D eigenvalue weighted by molar-refractivity contribution is -0.131. The van der Waals surface area contributed by atoms with Crippen molar-refractivity contribution in [2.75, 3.05) is 31.1 Å². The number of benzene rings is 1. The maximum absolute atomic E-state index is 14.0. The molecule has 31 heavy (non-hydrogen) atoms. The van der Waals surface area contributed by atoms with Crippen molar-refractivity contribution in [2.45, 2.75) is 19.8 Å². The molecular weight excluding hydrogens is 397 g/mol. The van der Waals surface area contributed by atoms with E-state index in [2.05, 4.69) is 15.0 Å². The molecule has 3 heterocycles. The lowest BCUT2D eigenvalue weighted by atomic mass is 10.1. The van der Waals surface area contributed by atoms with E-state index < -0.39 is 0 Å². The predicted molar refractivity (Wildman–Crippen MR) is 116 cm³/mol. The number of amides is 1. The molecule has 3 aromatic rings. The molecule has 1 amide bonds. The molecule has 0 saturated carbocycles. The average molecular weight is 421 g/mol. The number of carbonyl (C=O) groups is 1. The van der Waals surface area contributed by atoms with Gasteiger partial charge in [-0.1, -0.05) is 12.1 Å².